The Morgan fingerprint density at radius 3 is 2.40 bits per heavy atom. The monoisotopic (exact) mass is 357 g/mol. The SMILES string of the molecule is CCn1cc(C(C)NC(=O)C(C)n2nc(C(F)(F)F)cc2C)c(C)n1. The smallest absolute Gasteiger partial charge is 0.348 e. The summed E-state index contributed by atoms with van der Waals surface area (Å²) in [6, 6.07) is -0.240. The van der Waals surface area contributed by atoms with Crippen LogP contribution in [0.5, 0.6) is 0 Å². The van der Waals surface area contributed by atoms with E-state index >= 15 is 0 Å². The van der Waals surface area contributed by atoms with Crippen molar-refractivity contribution >= 4 is 5.91 Å². The second-order valence-electron chi connectivity index (χ2n) is 6.05. The number of hydrogen-bond donors (Lipinski definition) is 1. The third-order valence-corrected chi connectivity index (χ3v) is 4.09. The van der Waals surface area contributed by atoms with E-state index in [0.717, 1.165) is 22.0 Å². The van der Waals surface area contributed by atoms with Gasteiger partial charge in [-0.15, -0.1) is 0 Å². The first-order valence-electron chi connectivity index (χ1n) is 8.02. The molecule has 0 saturated heterocycles. The molecule has 6 nitrogen and oxygen atoms in total. The van der Waals surface area contributed by atoms with Gasteiger partial charge in [-0.05, 0) is 40.7 Å². The van der Waals surface area contributed by atoms with E-state index in [0.29, 0.717) is 6.54 Å². The van der Waals surface area contributed by atoms with E-state index < -0.39 is 23.8 Å². The molecule has 2 heterocycles. The molecule has 0 aliphatic carbocycles. The van der Waals surface area contributed by atoms with Crippen molar-refractivity contribution < 1.29 is 18.0 Å². The third kappa shape index (κ3) is 4.02. The zero-order valence-corrected chi connectivity index (χ0v) is 14.8. The highest BCUT2D eigenvalue weighted by atomic mass is 19.4. The molecule has 2 aromatic rings. The molecule has 0 fully saturated rings. The highest BCUT2D eigenvalue weighted by Gasteiger charge is 2.35. The van der Waals surface area contributed by atoms with Gasteiger partial charge in [0.25, 0.3) is 0 Å². The Labute approximate surface area is 144 Å². The van der Waals surface area contributed by atoms with Gasteiger partial charge in [-0.3, -0.25) is 14.2 Å². The van der Waals surface area contributed by atoms with Crippen LogP contribution >= 0.6 is 0 Å². The van der Waals surface area contributed by atoms with Crippen molar-refractivity contribution in [2.45, 2.75) is 59.4 Å². The lowest BCUT2D eigenvalue weighted by Gasteiger charge is -2.18. The number of alkyl halides is 3. The van der Waals surface area contributed by atoms with Crippen molar-refractivity contribution in [2.24, 2.45) is 0 Å². The highest BCUT2D eigenvalue weighted by molar-refractivity contribution is 5.80. The van der Waals surface area contributed by atoms with Gasteiger partial charge >= 0.3 is 6.18 Å². The maximum Gasteiger partial charge on any atom is 0.435 e. The van der Waals surface area contributed by atoms with E-state index in [1.807, 2.05) is 27.0 Å². The van der Waals surface area contributed by atoms with Crippen LogP contribution in [0.4, 0.5) is 13.2 Å². The van der Waals surface area contributed by atoms with Crippen molar-refractivity contribution in [1.82, 2.24) is 24.9 Å². The summed E-state index contributed by atoms with van der Waals surface area (Å²) in [5.74, 6) is -0.406. The Kier molecular flexibility index (Phi) is 5.24. The van der Waals surface area contributed by atoms with Crippen LogP contribution in [0.3, 0.4) is 0 Å². The lowest BCUT2D eigenvalue weighted by Crippen LogP contribution is -2.34. The van der Waals surface area contributed by atoms with E-state index in [9.17, 15) is 18.0 Å². The van der Waals surface area contributed by atoms with Crippen molar-refractivity contribution in [3.05, 3.63) is 34.9 Å². The molecule has 2 rings (SSSR count). The summed E-state index contributed by atoms with van der Waals surface area (Å²) in [6.45, 7) is 9.34. The van der Waals surface area contributed by atoms with E-state index in [1.165, 1.54) is 13.8 Å². The number of carbonyl (C=O) groups excluding carboxylic acids is 1. The zero-order chi connectivity index (χ0) is 18.9. The molecule has 0 bridgehead atoms. The van der Waals surface area contributed by atoms with Crippen molar-refractivity contribution in [3.63, 3.8) is 0 Å². The number of rotatable bonds is 5. The fourth-order valence-corrected chi connectivity index (χ4v) is 2.66. The number of amides is 1. The van der Waals surface area contributed by atoms with Crippen LogP contribution in [0.25, 0.3) is 0 Å². The molecular weight excluding hydrogens is 335 g/mol. The number of halogens is 3. The largest absolute Gasteiger partial charge is 0.435 e. The summed E-state index contributed by atoms with van der Waals surface area (Å²) in [6.07, 6.45) is -2.68. The molecule has 138 valence electrons. The molecule has 25 heavy (non-hydrogen) atoms. The lowest BCUT2D eigenvalue weighted by molar-refractivity contribution is -0.142. The summed E-state index contributed by atoms with van der Waals surface area (Å²) in [5, 5.41) is 10.7. The maximum absolute atomic E-state index is 12.8. The average molecular weight is 357 g/mol. The summed E-state index contributed by atoms with van der Waals surface area (Å²) >= 11 is 0. The number of aryl methyl sites for hydroxylation is 3. The van der Waals surface area contributed by atoms with Gasteiger partial charge in [0.05, 0.1) is 11.7 Å². The predicted molar refractivity (Wildman–Crippen MR) is 85.9 cm³/mol. The van der Waals surface area contributed by atoms with Crippen LogP contribution in [0.1, 0.15) is 55.5 Å². The first-order valence-corrected chi connectivity index (χ1v) is 8.02. The summed E-state index contributed by atoms with van der Waals surface area (Å²) in [5.41, 5.74) is 0.947. The highest BCUT2D eigenvalue weighted by Crippen LogP contribution is 2.29. The molecule has 1 N–H and O–H groups in total. The Bertz CT molecular complexity index is 762. The predicted octanol–water partition coefficient (Wildman–Crippen LogP) is 3.17. The first-order chi connectivity index (χ1) is 11.5. The van der Waals surface area contributed by atoms with Crippen LogP contribution in [0.2, 0.25) is 0 Å². The molecule has 2 atom stereocenters. The Hall–Kier alpha value is -2.32. The Balaban J connectivity index is 2.15. The Morgan fingerprint density at radius 1 is 1.28 bits per heavy atom. The van der Waals surface area contributed by atoms with E-state index in [2.05, 4.69) is 15.5 Å². The van der Waals surface area contributed by atoms with Gasteiger partial charge < -0.3 is 5.32 Å². The maximum atomic E-state index is 12.8. The van der Waals surface area contributed by atoms with Crippen LogP contribution in [-0.2, 0) is 17.5 Å². The lowest BCUT2D eigenvalue weighted by atomic mass is 10.1. The normalized spacial score (nSPS) is 14.4. The fraction of sp³-hybridized carbons (Fsp3) is 0.562. The van der Waals surface area contributed by atoms with Crippen molar-refractivity contribution in [2.75, 3.05) is 0 Å². The van der Waals surface area contributed by atoms with Crippen molar-refractivity contribution in [1.29, 1.82) is 0 Å². The molecular formula is C16H22F3N5O. The van der Waals surface area contributed by atoms with Gasteiger partial charge in [-0.25, -0.2) is 0 Å². The summed E-state index contributed by atoms with van der Waals surface area (Å²) in [4.78, 5) is 12.4. The third-order valence-electron chi connectivity index (χ3n) is 4.09. The summed E-state index contributed by atoms with van der Waals surface area (Å²) in [7, 11) is 0. The molecule has 1 amide bonds. The molecule has 0 aromatic carbocycles. The molecule has 9 heteroatoms. The minimum absolute atomic E-state index is 0.276. The molecule has 0 aliphatic rings. The molecule has 0 saturated carbocycles. The van der Waals surface area contributed by atoms with Gasteiger partial charge in [0, 0.05) is 24.0 Å². The van der Waals surface area contributed by atoms with Gasteiger partial charge in [0.15, 0.2) is 5.69 Å². The molecule has 2 unspecified atom stereocenters. The van der Waals surface area contributed by atoms with Gasteiger partial charge in [-0.2, -0.15) is 23.4 Å². The van der Waals surface area contributed by atoms with Crippen LogP contribution in [0, 0.1) is 13.8 Å². The van der Waals surface area contributed by atoms with Crippen LogP contribution in [-0.4, -0.2) is 25.5 Å². The first kappa shape index (κ1) is 19.0. The molecule has 0 spiro atoms. The second-order valence-corrected chi connectivity index (χ2v) is 6.05. The average Bonchev–Trinajstić information content (AvgIpc) is 3.09. The Morgan fingerprint density at radius 2 is 1.92 bits per heavy atom. The standard InChI is InChI=1S/C16H22F3N5O/c1-6-23-8-13(11(4)21-23)10(3)20-15(25)12(5)24-9(2)7-14(22-24)16(17,18)19/h7-8,10,12H,6H2,1-5H3,(H,20,25). The number of aromatic nitrogens is 4. The minimum Gasteiger partial charge on any atom is -0.348 e. The zero-order valence-electron chi connectivity index (χ0n) is 14.8. The van der Waals surface area contributed by atoms with E-state index in [-0.39, 0.29) is 11.7 Å². The number of nitrogens with one attached hydrogen (secondary N) is 1. The second kappa shape index (κ2) is 6.89. The fourth-order valence-electron chi connectivity index (χ4n) is 2.66. The number of nitrogens with zero attached hydrogens (tertiary/aromatic N) is 4. The number of hydrogen-bond acceptors (Lipinski definition) is 3. The number of carbonyl (C=O) groups is 1. The molecule has 0 aliphatic heterocycles. The van der Waals surface area contributed by atoms with Crippen LogP contribution < -0.4 is 5.32 Å². The summed E-state index contributed by atoms with van der Waals surface area (Å²) < 4.78 is 41.2. The topological polar surface area (TPSA) is 64.7 Å². The minimum atomic E-state index is -4.54. The van der Waals surface area contributed by atoms with Crippen LogP contribution in [0.15, 0.2) is 12.3 Å². The quantitative estimate of drug-likeness (QED) is 0.894. The van der Waals surface area contributed by atoms with E-state index in [4.69, 9.17) is 0 Å². The van der Waals surface area contributed by atoms with Gasteiger partial charge in [0.2, 0.25) is 5.91 Å². The van der Waals surface area contributed by atoms with Crippen molar-refractivity contribution in [3.8, 4) is 0 Å². The molecule has 2 aromatic heterocycles. The van der Waals surface area contributed by atoms with Gasteiger partial charge in [-0.1, -0.05) is 0 Å². The van der Waals surface area contributed by atoms with Gasteiger partial charge in [0.1, 0.15) is 6.04 Å². The van der Waals surface area contributed by atoms with E-state index in [1.54, 1.807) is 4.68 Å². The molecule has 0 radical (unpaired) electrons.